The molecular weight excluding hydrogens is 271 g/mol. The van der Waals surface area contributed by atoms with Crippen LogP contribution in [0.1, 0.15) is 24.6 Å². The number of aliphatic carboxylic acids is 1. The van der Waals surface area contributed by atoms with E-state index in [1.807, 2.05) is 0 Å². The molecule has 100 valence electrons. The van der Waals surface area contributed by atoms with Gasteiger partial charge in [-0.25, -0.2) is 4.98 Å². The van der Waals surface area contributed by atoms with Crippen molar-refractivity contribution in [1.29, 1.82) is 0 Å². The predicted molar refractivity (Wildman–Crippen MR) is 57.8 cm³/mol. The van der Waals surface area contributed by atoms with Crippen LogP contribution in [0.15, 0.2) is 0 Å². The zero-order valence-corrected chi connectivity index (χ0v) is 9.96. The Kier molecular flexibility index (Phi) is 3.42. The van der Waals surface area contributed by atoms with E-state index in [0.717, 1.165) is 24.4 Å². The molecular formula is C9H10F3N3O2S. The molecule has 0 radical (unpaired) electrons. The van der Waals surface area contributed by atoms with Gasteiger partial charge >= 0.3 is 12.1 Å². The van der Waals surface area contributed by atoms with Crippen molar-refractivity contribution < 1.29 is 23.1 Å². The van der Waals surface area contributed by atoms with E-state index in [0.29, 0.717) is 10.7 Å². The molecule has 1 saturated carbocycles. The number of aromatic nitrogens is 2. The molecule has 1 heterocycles. The van der Waals surface area contributed by atoms with Crippen LogP contribution in [0.2, 0.25) is 0 Å². The van der Waals surface area contributed by atoms with Crippen molar-refractivity contribution in [3.63, 3.8) is 0 Å². The Bertz CT molecular complexity index is 445. The molecule has 2 rings (SSSR count). The molecule has 1 aromatic rings. The van der Waals surface area contributed by atoms with E-state index in [9.17, 15) is 18.0 Å². The van der Waals surface area contributed by atoms with E-state index >= 15 is 0 Å². The SMILES string of the molecule is O=C(O)CN(CC(F)(F)F)c1nc(C2CC2)ns1. The molecule has 5 nitrogen and oxygen atoms in total. The van der Waals surface area contributed by atoms with Crippen molar-refractivity contribution in [3.05, 3.63) is 5.82 Å². The molecule has 0 amide bonds. The topological polar surface area (TPSA) is 66.3 Å². The smallest absolute Gasteiger partial charge is 0.406 e. The minimum absolute atomic E-state index is 0.0108. The average Bonchev–Trinajstić information content (AvgIpc) is 2.93. The third kappa shape index (κ3) is 3.56. The second kappa shape index (κ2) is 4.71. The Morgan fingerprint density at radius 3 is 2.67 bits per heavy atom. The molecule has 0 spiro atoms. The van der Waals surface area contributed by atoms with Gasteiger partial charge in [0.05, 0.1) is 0 Å². The lowest BCUT2D eigenvalue weighted by molar-refractivity contribution is -0.136. The molecule has 1 N–H and O–H groups in total. The number of rotatable bonds is 5. The van der Waals surface area contributed by atoms with Gasteiger partial charge in [-0.1, -0.05) is 0 Å². The minimum Gasteiger partial charge on any atom is -0.480 e. The van der Waals surface area contributed by atoms with Gasteiger partial charge in [-0.3, -0.25) is 4.79 Å². The second-order valence-electron chi connectivity index (χ2n) is 4.07. The van der Waals surface area contributed by atoms with Crippen molar-refractivity contribution in [2.24, 2.45) is 0 Å². The molecule has 0 bridgehead atoms. The first-order valence-corrected chi connectivity index (χ1v) is 5.99. The maximum atomic E-state index is 12.3. The second-order valence-corrected chi connectivity index (χ2v) is 4.80. The molecule has 0 unspecified atom stereocenters. The Balaban J connectivity index is 2.12. The highest BCUT2D eigenvalue weighted by atomic mass is 32.1. The van der Waals surface area contributed by atoms with Gasteiger partial charge in [-0.05, 0) is 12.8 Å². The molecule has 0 aromatic carbocycles. The fourth-order valence-electron chi connectivity index (χ4n) is 1.43. The van der Waals surface area contributed by atoms with E-state index in [-0.39, 0.29) is 11.0 Å². The first-order valence-electron chi connectivity index (χ1n) is 5.22. The molecule has 1 aliphatic carbocycles. The fourth-order valence-corrected chi connectivity index (χ4v) is 2.18. The maximum absolute atomic E-state index is 12.3. The summed E-state index contributed by atoms with van der Waals surface area (Å²) in [5.74, 6) is -0.581. The molecule has 1 aromatic heterocycles. The number of alkyl halides is 3. The highest BCUT2D eigenvalue weighted by Gasteiger charge is 2.34. The molecule has 18 heavy (non-hydrogen) atoms. The number of nitrogens with zero attached hydrogens (tertiary/aromatic N) is 3. The minimum atomic E-state index is -4.47. The van der Waals surface area contributed by atoms with E-state index in [2.05, 4.69) is 9.36 Å². The Morgan fingerprint density at radius 1 is 1.50 bits per heavy atom. The summed E-state index contributed by atoms with van der Waals surface area (Å²) in [4.78, 5) is 15.2. The molecule has 1 fully saturated rings. The Morgan fingerprint density at radius 2 is 2.17 bits per heavy atom. The van der Waals surface area contributed by atoms with Gasteiger partial charge in [0.1, 0.15) is 18.9 Å². The summed E-state index contributed by atoms with van der Waals surface area (Å²) in [7, 11) is 0. The quantitative estimate of drug-likeness (QED) is 0.892. The first kappa shape index (κ1) is 13.1. The number of anilines is 1. The van der Waals surface area contributed by atoms with Crippen LogP contribution in [-0.4, -0.2) is 39.7 Å². The average molecular weight is 281 g/mol. The summed E-state index contributed by atoms with van der Waals surface area (Å²) in [5, 5.41) is 8.63. The van der Waals surface area contributed by atoms with Crippen LogP contribution in [0.5, 0.6) is 0 Å². The van der Waals surface area contributed by atoms with E-state index in [1.165, 1.54) is 0 Å². The third-order valence-corrected chi connectivity index (χ3v) is 3.13. The Labute approximate surface area is 104 Å². The van der Waals surface area contributed by atoms with E-state index < -0.39 is 25.2 Å². The largest absolute Gasteiger partial charge is 0.480 e. The Hall–Kier alpha value is -1.38. The molecule has 1 aliphatic rings. The van der Waals surface area contributed by atoms with Crippen LogP contribution in [-0.2, 0) is 4.79 Å². The lowest BCUT2D eigenvalue weighted by Gasteiger charge is -2.20. The number of hydrogen-bond donors (Lipinski definition) is 1. The summed E-state index contributed by atoms with van der Waals surface area (Å²) in [6.45, 7) is -2.07. The number of halogens is 3. The van der Waals surface area contributed by atoms with Crippen LogP contribution < -0.4 is 4.90 Å². The normalized spacial score (nSPS) is 15.7. The van der Waals surface area contributed by atoms with Crippen molar-refractivity contribution in [2.45, 2.75) is 24.9 Å². The summed E-state index contributed by atoms with van der Waals surface area (Å²) in [6.07, 6.45) is -2.59. The van der Waals surface area contributed by atoms with Crippen LogP contribution in [0.4, 0.5) is 18.3 Å². The van der Waals surface area contributed by atoms with Crippen LogP contribution in [0.25, 0.3) is 0 Å². The highest BCUT2D eigenvalue weighted by molar-refractivity contribution is 7.09. The first-order chi connectivity index (χ1) is 8.35. The summed E-state index contributed by atoms with van der Waals surface area (Å²) < 4.78 is 41.0. The van der Waals surface area contributed by atoms with Gasteiger partial charge in [0.25, 0.3) is 0 Å². The van der Waals surface area contributed by atoms with E-state index in [4.69, 9.17) is 5.11 Å². The number of carboxylic acid groups (broad SMARTS) is 1. The third-order valence-electron chi connectivity index (χ3n) is 2.34. The van der Waals surface area contributed by atoms with Gasteiger partial charge in [0, 0.05) is 17.5 Å². The molecule has 9 heteroatoms. The predicted octanol–water partition coefficient (Wildman–Crippen LogP) is 1.87. The lowest BCUT2D eigenvalue weighted by Crippen LogP contribution is -2.37. The summed E-state index contributed by atoms with van der Waals surface area (Å²) in [6, 6.07) is 0. The van der Waals surface area contributed by atoms with Crippen LogP contribution in [0, 0.1) is 0 Å². The van der Waals surface area contributed by atoms with Crippen molar-refractivity contribution in [1.82, 2.24) is 9.36 Å². The van der Waals surface area contributed by atoms with Gasteiger partial charge in [-0.15, -0.1) is 0 Å². The van der Waals surface area contributed by atoms with Crippen molar-refractivity contribution in [3.8, 4) is 0 Å². The van der Waals surface area contributed by atoms with Gasteiger partial charge in [0.15, 0.2) is 0 Å². The molecule has 0 atom stereocenters. The summed E-state index contributed by atoms with van der Waals surface area (Å²) in [5.41, 5.74) is 0. The zero-order chi connectivity index (χ0) is 13.3. The highest BCUT2D eigenvalue weighted by Crippen LogP contribution is 2.39. The standard InChI is InChI=1S/C9H10F3N3O2S/c10-9(11,12)4-15(3-6(16)17)8-13-7(14-18-8)5-1-2-5/h5H,1-4H2,(H,16,17). The van der Waals surface area contributed by atoms with Crippen LogP contribution >= 0.6 is 11.5 Å². The lowest BCUT2D eigenvalue weighted by atomic mass is 10.4. The maximum Gasteiger partial charge on any atom is 0.406 e. The number of hydrogen-bond acceptors (Lipinski definition) is 5. The van der Waals surface area contributed by atoms with Gasteiger partial charge in [-0.2, -0.15) is 17.5 Å². The number of carboxylic acids is 1. The number of carbonyl (C=O) groups is 1. The monoisotopic (exact) mass is 281 g/mol. The van der Waals surface area contributed by atoms with Crippen molar-refractivity contribution >= 4 is 22.6 Å². The van der Waals surface area contributed by atoms with E-state index in [1.54, 1.807) is 0 Å². The van der Waals surface area contributed by atoms with Gasteiger partial charge in [0.2, 0.25) is 5.13 Å². The zero-order valence-electron chi connectivity index (χ0n) is 9.15. The van der Waals surface area contributed by atoms with Crippen LogP contribution in [0.3, 0.4) is 0 Å². The fraction of sp³-hybridized carbons (Fsp3) is 0.667. The summed E-state index contributed by atoms with van der Waals surface area (Å²) >= 11 is 0.810. The van der Waals surface area contributed by atoms with Crippen molar-refractivity contribution in [2.75, 3.05) is 18.0 Å². The molecule has 0 saturated heterocycles. The molecule has 0 aliphatic heterocycles. The van der Waals surface area contributed by atoms with Gasteiger partial charge < -0.3 is 10.0 Å².